The molecular formula is C19H24N2O3S. The fourth-order valence-corrected chi connectivity index (χ4v) is 4.70. The average Bonchev–Trinajstić information content (AvgIpc) is 3.22. The number of hydrogen-bond acceptors (Lipinski definition) is 4. The number of carbonyl (C=O) groups is 2. The van der Waals surface area contributed by atoms with Crippen molar-refractivity contribution >= 4 is 28.2 Å². The molecule has 0 unspecified atom stereocenters. The number of amides is 2. The third kappa shape index (κ3) is 3.49. The molecule has 0 spiro atoms. The van der Waals surface area contributed by atoms with Crippen LogP contribution < -0.4 is 5.32 Å². The quantitative estimate of drug-likeness (QED) is 0.869. The molecule has 0 radical (unpaired) electrons. The van der Waals surface area contributed by atoms with E-state index in [2.05, 4.69) is 12.2 Å². The molecule has 1 aliphatic carbocycles. The molecule has 2 aromatic heterocycles. The molecular weight excluding hydrogens is 336 g/mol. The molecule has 0 aromatic carbocycles. The van der Waals surface area contributed by atoms with Gasteiger partial charge < -0.3 is 14.6 Å². The second kappa shape index (κ2) is 7.44. The molecule has 0 bridgehead atoms. The van der Waals surface area contributed by atoms with Gasteiger partial charge in [0.15, 0.2) is 5.76 Å². The van der Waals surface area contributed by atoms with E-state index in [0.717, 1.165) is 24.8 Å². The highest BCUT2D eigenvalue weighted by Crippen LogP contribution is 2.40. The lowest BCUT2D eigenvalue weighted by Gasteiger charge is -2.22. The van der Waals surface area contributed by atoms with E-state index in [4.69, 9.17) is 4.42 Å². The zero-order valence-corrected chi connectivity index (χ0v) is 15.7. The number of fused-ring (bicyclic) bond motifs is 1. The van der Waals surface area contributed by atoms with Crippen LogP contribution in [0.1, 0.15) is 58.5 Å². The van der Waals surface area contributed by atoms with Crippen LogP contribution in [-0.2, 0) is 12.8 Å². The molecule has 2 amide bonds. The van der Waals surface area contributed by atoms with Gasteiger partial charge in [-0.3, -0.25) is 9.59 Å². The largest absolute Gasteiger partial charge is 0.459 e. The Bertz CT molecular complexity index is 760. The summed E-state index contributed by atoms with van der Waals surface area (Å²) in [5.74, 6) is 0.550. The van der Waals surface area contributed by atoms with Crippen LogP contribution in [0.2, 0.25) is 0 Å². The fourth-order valence-electron chi connectivity index (χ4n) is 3.31. The Morgan fingerprint density at radius 3 is 2.76 bits per heavy atom. The summed E-state index contributed by atoms with van der Waals surface area (Å²) in [7, 11) is 0. The number of nitrogens with one attached hydrogen (secondary N) is 1. The number of furan rings is 1. The molecule has 0 fully saturated rings. The standard InChI is InChI=1S/C19H24N2O3S/c1-4-21(5-2)19(23)16-13-9-8-12(3)11-15(13)25-18(16)20-17(22)14-7-6-10-24-14/h6-7,10,12H,4-5,8-9,11H2,1-3H3,(H,20,22)/t12-/m1/s1. The smallest absolute Gasteiger partial charge is 0.291 e. The molecule has 6 heteroatoms. The first-order chi connectivity index (χ1) is 12.0. The topological polar surface area (TPSA) is 62.6 Å². The van der Waals surface area contributed by atoms with Crippen molar-refractivity contribution in [3.8, 4) is 0 Å². The van der Waals surface area contributed by atoms with E-state index in [1.807, 2.05) is 18.7 Å². The summed E-state index contributed by atoms with van der Waals surface area (Å²) in [6.45, 7) is 7.49. The van der Waals surface area contributed by atoms with Gasteiger partial charge in [0.2, 0.25) is 0 Å². The summed E-state index contributed by atoms with van der Waals surface area (Å²) in [6.07, 6.45) is 4.41. The van der Waals surface area contributed by atoms with Crippen molar-refractivity contribution in [2.45, 2.75) is 40.0 Å². The lowest BCUT2D eigenvalue weighted by atomic mass is 9.88. The van der Waals surface area contributed by atoms with Gasteiger partial charge in [-0.05, 0) is 56.7 Å². The molecule has 5 nitrogen and oxygen atoms in total. The van der Waals surface area contributed by atoms with Gasteiger partial charge in [0.05, 0.1) is 11.8 Å². The Morgan fingerprint density at radius 2 is 2.12 bits per heavy atom. The van der Waals surface area contributed by atoms with Crippen LogP contribution in [0.4, 0.5) is 5.00 Å². The molecule has 2 heterocycles. The minimum absolute atomic E-state index is 0.00629. The molecule has 0 saturated carbocycles. The van der Waals surface area contributed by atoms with Gasteiger partial charge in [0.25, 0.3) is 11.8 Å². The molecule has 3 rings (SSSR count). The van der Waals surface area contributed by atoms with Crippen LogP contribution in [0.15, 0.2) is 22.8 Å². The van der Waals surface area contributed by atoms with Crippen LogP contribution in [0.5, 0.6) is 0 Å². The lowest BCUT2D eigenvalue weighted by molar-refractivity contribution is 0.0773. The second-order valence-electron chi connectivity index (χ2n) is 6.46. The van der Waals surface area contributed by atoms with Gasteiger partial charge in [0.1, 0.15) is 5.00 Å². The number of thiophene rings is 1. The van der Waals surface area contributed by atoms with Gasteiger partial charge in [-0.25, -0.2) is 0 Å². The summed E-state index contributed by atoms with van der Waals surface area (Å²) >= 11 is 1.54. The molecule has 1 N–H and O–H groups in total. The summed E-state index contributed by atoms with van der Waals surface area (Å²) in [5.41, 5.74) is 1.80. The SMILES string of the molecule is CCN(CC)C(=O)c1c(NC(=O)c2ccco2)sc2c1CC[C@@H](C)C2. The van der Waals surface area contributed by atoms with Crippen molar-refractivity contribution < 1.29 is 14.0 Å². The van der Waals surface area contributed by atoms with Crippen molar-refractivity contribution in [3.05, 3.63) is 40.2 Å². The highest BCUT2D eigenvalue weighted by molar-refractivity contribution is 7.17. The summed E-state index contributed by atoms with van der Waals surface area (Å²) < 4.78 is 5.17. The average molecular weight is 360 g/mol. The van der Waals surface area contributed by atoms with Crippen molar-refractivity contribution in [2.24, 2.45) is 5.92 Å². The third-order valence-corrected chi connectivity index (χ3v) is 5.92. The molecule has 0 saturated heterocycles. The van der Waals surface area contributed by atoms with Crippen LogP contribution >= 0.6 is 11.3 Å². The maximum Gasteiger partial charge on any atom is 0.291 e. The third-order valence-electron chi connectivity index (χ3n) is 4.75. The number of anilines is 1. The first kappa shape index (κ1) is 17.7. The second-order valence-corrected chi connectivity index (χ2v) is 7.57. The van der Waals surface area contributed by atoms with E-state index < -0.39 is 0 Å². The summed E-state index contributed by atoms with van der Waals surface area (Å²) in [4.78, 5) is 28.5. The number of hydrogen-bond donors (Lipinski definition) is 1. The van der Waals surface area contributed by atoms with Crippen molar-refractivity contribution in [1.29, 1.82) is 0 Å². The molecule has 25 heavy (non-hydrogen) atoms. The Hall–Kier alpha value is -2.08. The van der Waals surface area contributed by atoms with E-state index in [0.29, 0.717) is 29.6 Å². The Kier molecular flexibility index (Phi) is 5.27. The normalized spacial score (nSPS) is 16.4. The van der Waals surface area contributed by atoms with E-state index in [9.17, 15) is 9.59 Å². The zero-order chi connectivity index (χ0) is 18.0. The monoisotopic (exact) mass is 360 g/mol. The zero-order valence-electron chi connectivity index (χ0n) is 14.9. The van der Waals surface area contributed by atoms with Crippen LogP contribution in [0.25, 0.3) is 0 Å². The van der Waals surface area contributed by atoms with E-state index >= 15 is 0 Å². The Balaban J connectivity index is 1.98. The lowest BCUT2D eigenvalue weighted by Crippen LogP contribution is -2.32. The summed E-state index contributed by atoms with van der Waals surface area (Å²) in [6, 6.07) is 3.30. The number of nitrogens with zero attached hydrogens (tertiary/aromatic N) is 1. The molecule has 2 aromatic rings. The van der Waals surface area contributed by atoms with Crippen molar-refractivity contribution in [1.82, 2.24) is 4.90 Å². The fraction of sp³-hybridized carbons (Fsp3) is 0.474. The van der Waals surface area contributed by atoms with Gasteiger partial charge >= 0.3 is 0 Å². The van der Waals surface area contributed by atoms with Crippen LogP contribution in [0, 0.1) is 5.92 Å². The Morgan fingerprint density at radius 1 is 1.36 bits per heavy atom. The van der Waals surface area contributed by atoms with Gasteiger partial charge in [-0.15, -0.1) is 11.3 Å². The van der Waals surface area contributed by atoms with Crippen molar-refractivity contribution in [2.75, 3.05) is 18.4 Å². The Labute approximate surface area is 152 Å². The maximum absolute atomic E-state index is 13.1. The van der Waals surface area contributed by atoms with Gasteiger partial charge in [0, 0.05) is 18.0 Å². The first-order valence-corrected chi connectivity index (χ1v) is 9.65. The van der Waals surface area contributed by atoms with E-state index in [-0.39, 0.29) is 17.6 Å². The van der Waals surface area contributed by atoms with E-state index in [1.54, 1.807) is 12.1 Å². The number of rotatable bonds is 5. The van der Waals surface area contributed by atoms with Crippen molar-refractivity contribution in [3.63, 3.8) is 0 Å². The minimum atomic E-state index is -0.315. The minimum Gasteiger partial charge on any atom is -0.459 e. The van der Waals surface area contributed by atoms with E-state index in [1.165, 1.54) is 22.5 Å². The first-order valence-electron chi connectivity index (χ1n) is 8.83. The predicted octanol–water partition coefficient (Wildman–Crippen LogP) is 4.20. The molecule has 1 atom stereocenters. The molecule has 1 aliphatic rings. The van der Waals surface area contributed by atoms with Crippen LogP contribution in [-0.4, -0.2) is 29.8 Å². The highest BCUT2D eigenvalue weighted by atomic mass is 32.1. The van der Waals surface area contributed by atoms with Gasteiger partial charge in [-0.1, -0.05) is 6.92 Å². The van der Waals surface area contributed by atoms with Crippen LogP contribution in [0.3, 0.4) is 0 Å². The maximum atomic E-state index is 13.1. The predicted molar refractivity (Wildman–Crippen MR) is 99.4 cm³/mol. The van der Waals surface area contributed by atoms with Gasteiger partial charge in [-0.2, -0.15) is 0 Å². The summed E-state index contributed by atoms with van der Waals surface area (Å²) in [5, 5.41) is 3.56. The molecule has 0 aliphatic heterocycles. The number of carbonyl (C=O) groups excluding carboxylic acids is 2. The molecule has 134 valence electrons. The highest BCUT2D eigenvalue weighted by Gasteiger charge is 2.30.